The van der Waals surface area contributed by atoms with E-state index in [9.17, 15) is 28.8 Å². The third kappa shape index (κ3) is 26.9. The van der Waals surface area contributed by atoms with E-state index in [-0.39, 0.29) is 75.6 Å². The molecule has 70 heavy (non-hydrogen) atoms. The molecule has 12 nitrogen and oxygen atoms in total. The second kappa shape index (κ2) is 39.4. The van der Waals surface area contributed by atoms with Gasteiger partial charge in [-0.1, -0.05) is 129 Å². The number of benzene rings is 2. The van der Waals surface area contributed by atoms with Crippen LogP contribution in [0.25, 0.3) is 0 Å². The average molecular weight is 967 g/mol. The van der Waals surface area contributed by atoms with Crippen molar-refractivity contribution in [2.24, 2.45) is 23.7 Å². The highest BCUT2D eigenvalue weighted by Crippen LogP contribution is 2.24. The lowest BCUT2D eigenvalue weighted by Gasteiger charge is -2.23. The summed E-state index contributed by atoms with van der Waals surface area (Å²) in [5.74, 6) is 7.67. The van der Waals surface area contributed by atoms with Crippen molar-refractivity contribution in [3.05, 3.63) is 71.8 Å². The fourth-order valence-electron chi connectivity index (χ4n) is 7.21. The number of rotatable bonds is 24. The molecule has 6 atom stereocenters. The summed E-state index contributed by atoms with van der Waals surface area (Å²) in [6.45, 7) is 7.70. The van der Waals surface area contributed by atoms with Crippen LogP contribution in [-0.4, -0.2) is 81.2 Å². The maximum Gasteiger partial charge on any atom is 0.416 e. The van der Waals surface area contributed by atoms with Crippen molar-refractivity contribution in [1.82, 2.24) is 9.80 Å². The van der Waals surface area contributed by atoms with Crippen LogP contribution in [0.2, 0.25) is 0 Å². The van der Waals surface area contributed by atoms with E-state index in [0.717, 1.165) is 114 Å². The van der Waals surface area contributed by atoms with Crippen molar-refractivity contribution < 1.29 is 48.5 Å². The Morgan fingerprint density at radius 3 is 1.04 bits per heavy atom. The van der Waals surface area contributed by atoms with Gasteiger partial charge in [0.25, 0.3) is 0 Å². The van der Waals surface area contributed by atoms with E-state index < -0.39 is 24.1 Å². The molecular formula is C58H82N2O10. The zero-order valence-electron chi connectivity index (χ0n) is 40.7. The number of terminal acetylenes is 4. The number of aliphatic carboxylic acids is 2. The van der Waals surface area contributed by atoms with Crippen molar-refractivity contribution in [2.45, 2.75) is 170 Å². The van der Waals surface area contributed by atoms with Gasteiger partial charge >= 0.3 is 24.1 Å². The van der Waals surface area contributed by atoms with Crippen LogP contribution in [0.1, 0.15) is 156 Å². The molecule has 0 aromatic heterocycles. The van der Waals surface area contributed by atoms with Gasteiger partial charge in [-0.15, -0.1) is 49.4 Å². The fraction of sp³-hybridized carbons (Fsp3) is 0.552. The number of carbonyl (C=O) groups is 6. The molecule has 2 aliphatic rings. The number of carboxylic acids is 2. The second-order valence-corrected chi connectivity index (χ2v) is 17.3. The summed E-state index contributed by atoms with van der Waals surface area (Å²) in [4.78, 5) is 72.4. The lowest BCUT2D eigenvalue weighted by atomic mass is 10.00. The van der Waals surface area contributed by atoms with Crippen molar-refractivity contribution in [3.8, 4) is 49.4 Å². The number of hydrogen-bond donors (Lipinski definition) is 2. The number of unbranched alkanes of at least 4 members (excludes halogenated alkanes) is 8. The van der Waals surface area contributed by atoms with Gasteiger partial charge in [0.1, 0.15) is 13.2 Å². The fourth-order valence-corrected chi connectivity index (χ4v) is 7.21. The van der Waals surface area contributed by atoms with Gasteiger partial charge in [-0.3, -0.25) is 19.2 Å². The number of hydrogen-bond acceptors (Lipinski definition) is 8. The summed E-state index contributed by atoms with van der Waals surface area (Å²) >= 11 is 0. The maximum atomic E-state index is 12.6. The van der Waals surface area contributed by atoms with E-state index in [0.29, 0.717) is 12.8 Å². The van der Waals surface area contributed by atoms with E-state index in [1.165, 1.54) is 9.80 Å². The number of carboxylic acid groups (broad SMARTS) is 2. The van der Waals surface area contributed by atoms with Crippen LogP contribution < -0.4 is 0 Å². The van der Waals surface area contributed by atoms with E-state index in [4.69, 9.17) is 45.4 Å². The van der Waals surface area contributed by atoms with Crippen molar-refractivity contribution in [2.75, 3.05) is 13.2 Å². The minimum absolute atomic E-state index is 0. The van der Waals surface area contributed by atoms with Gasteiger partial charge in [0, 0.05) is 37.5 Å². The van der Waals surface area contributed by atoms with Crippen LogP contribution >= 0.6 is 0 Å². The predicted molar refractivity (Wildman–Crippen MR) is 279 cm³/mol. The van der Waals surface area contributed by atoms with Gasteiger partial charge in [-0.25, -0.2) is 19.4 Å². The molecule has 4 rings (SSSR count). The summed E-state index contributed by atoms with van der Waals surface area (Å²) < 4.78 is 10.2. The predicted octanol–water partition coefficient (Wildman–Crippen LogP) is 11.9. The highest BCUT2D eigenvalue weighted by atomic mass is 16.6. The highest BCUT2D eigenvalue weighted by Gasteiger charge is 2.40. The largest absolute Gasteiger partial charge is 0.481 e. The first kappa shape index (κ1) is 65.6. The lowest BCUT2D eigenvalue weighted by Crippen LogP contribution is -2.43. The molecule has 4 amide bonds. The Bertz CT molecular complexity index is 1850. The molecule has 2 aliphatic heterocycles. The first-order chi connectivity index (χ1) is 32.6. The van der Waals surface area contributed by atoms with Crippen molar-refractivity contribution in [1.29, 1.82) is 0 Å². The second-order valence-electron chi connectivity index (χ2n) is 17.3. The third-order valence-corrected chi connectivity index (χ3v) is 11.5. The molecular weight excluding hydrogens is 885 g/mol. The lowest BCUT2D eigenvalue weighted by molar-refractivity contribution is -0.142. The first-order valence-electron chi connectivity index (χ1n) is 23.9. The Kier molecular flexibility index (Phi) is 36.9. The normalized spacial score (nSPS) is 15.8. The average Bonchev–Trinajstić information content (AvgIpc) is 3.89. The Labute approximate surface area is 421 Å². The Hall–Kier alpha value is -6.50. The molecule has 0 aliphatic carbocycles. The molecule has 2 heterocycles. The standard InChI is InChI=1S/2C19H23NO3.2C9H14O2.2CH4/c2*1-3-4-5-7-10-15(2)18(21)20-17(14-23-19(20)22)13-16-11-8-6-9-12-16;2*1-3-4-5-6-7-8(2)9(10)11;;/h2*1,6,8-9,11-12,15,17H,4-5,7,10,13-14H2,2H3;2*1,8H,4-7H2,2H3,(H,10,11);2*1H4/t2*15-,17-;2*8-;;/m1010../s1. The first-order valence-corrected chi connectivity index (χ1v) is 23.9. The van der Waals surface area contributed by atoms with Crippen LogP contribution in [0.15, 0.2) is 60.7 Å². The molecule has 2 fully saturated rings. The van der Waals surface area contributed by atoms with Crippen molar-refractivity contribution >= 4 is 35.9 Å². The van der Waals surface area contributed by atoms with E-state index in [2.05, 4.69) is 23.7 Å². The van der Waals surface area contributed by atoms with Crippen LogP contribution in [0.5, 0.6) is 0 Å². The molecule has 0 unspecified atom stereocenters. The van der Waals surface area contributed by atoms with Gasteiger partial charge in [0.2, 0.25) is 11.8 Å². The zero-order valence-corrected chi connectivity index (χ0v) is 40.7. The molecule has 0 saturated carbocycles. The van der Waals surface area contributed by atoms with Crippen molar-refractivity contribution in [3.63, 3.8) is 0 Å². The van der Waals surface area contributed by atoms with Gasteiger partial charge in [0.05, 0.1) is 23.9 Å². The van der Waals surface area contributed by atoms with E-state index in [1.54, 1.807) is 13.8 Å². The number of cyclic esters (lactones) is 2. The van der Waals surface area contributed by atoms with E-state index >= 15 is 0 Å². The Morgan fingerprint density at radius 1 is 0.514 bits per heavy atom. The highest BCUT2D eigenvalue weighted by molar-refractivity contribution is 5.95. The minimum atomic E-state index is -0.717. The summed E-state index contributed by atoms with van der Waals surface area (Å²) in [5, 5.41) is 17.0. The summed E-state index contributed by atoms with van der Waals surface area (Å²) in [6, 6.07) is 19.2. The monoisotopic (exact) mass is 967 g/mol. The third-order valence-electron chi connectivity index (χ3n) is 11.5. The van der Waals surface area contributed by atoms with Gasteiger partial charge in [-0.2, -0.15) is 0 Å². The molecule has 384 valence electrons. The van der Waals surface area contributed by atoms with Crippen LogP contribution in [0.4, 0.5) is 9.59 Å². The summed E-state index contributed by atoms with van der Waals surface area (Å²) in [7, 11) is 0. The molecule has 12 heteroatoms. The van der Waals surface area contributed by atoms with Gasteiger partial charge < -0.3 is 19.7 Å². The quantitative estimate of drug-likeness (QED) is 0.0763. The zero-order chi connectivity index (χ0) is 50.7. The maximum absolute atomic E-state index is 12.6. The van der Waals surface area contributed by atoms with Gasteiger partial charge in [-0.05, 0) is 75.3 Å². The topological polar surface area (TPSA) is 168 Å². The number of carbonyl (C=O) groups excluding carboxylic acids is 4. The van der Waals surface area contributed by atoms with Gasteiger partial charge in [0.15, 0.2) is 0 Å². The Balaban J connectivity index is 0. The number of amides is 4. The van der Waals surface area contributed by atoms with E-state index in [1.807, 2.05) is 74.5 Å². The summed E-state index contributed by atoms with van der Waals surface area (Å²) in [5.41, 5.74) is 2.19. The summed E-state index contributed by atoms with van der Waals surface area (Å²) in [6.07, 6.45) is 34.0. The Morgan fingerprint density at radius 2 is 0.786 bits per heavy atom. The molecule has 2 N–H and O–H groups in total. The molecule has 2 aromatic rings. The van der Waals surface area contributed by atoms with Crippen LogP contribution in [-0.2, 0) is 41.5 Å². The molecule has 2 saturated heterocycles. The number of nitrogens with zero attached hydrogens (tertiary/aromatic N) is 2. The minimum Gasteiger partial charge on any atom is -0.481 e. The van der Waals surface area contributed by atoms with Crippen LogP contribution in [0, 0.1) is 73.0 Å². The molecule has 0 radical (unpaired) electrons. The number of ether oxygens (including phenoxy) is 2. The molecule has 2 aromatic carbocycles. The smallest absolute Gasteiger partial charge is 0.416 e. The molecule has 0 spiro atoms. The molecule has 0 bridgehead atoms. The van der Waals surface area contributed by atoms with Crippen LogP contribution in [0.3, 0.4) is 0 Å². The SMILES string of the molecule is C.C.C#CCCCC[C@@H](C)C(=O)N1C(=O)OC[C@H]1Cc1ccccc1.C#CCCCC[C@@H](C)C(=O)O.C#CCCCC[C@H](C)C(=O)N1C(=O)OC[C@@H]1Cc1ccccc1.C#CCCCC[C@H](C)C(=O)O. The number of imide groups is 2.